The number of nitrogens with one attached hydrogen (secondary N) is 1. The fraction of sp³-hybridized carbons (Fsp3) is 0.500. The van der Waals surface area contributed by atoms with Crippen molar-refractivity contribution in [2.24, 2.45) is 0 Å². The first-order valence-electron chi connectivity index (χ1n) is 6.18. The van der Waals surface area contributed by atoms with Crippen molar-refractivity contribution in [3.05, 3.63) is 35.9 Å². The van der Waals surface area contributed by atoms with Crippen molar-refractivity contribution in [1.82, 2.24) is 5.32 Å². The summed E-state index contributed by atoms with van der Waals surface area (Å²) in [6.45, 7) is 2.07. The highest BCUT2D eigenvalue weighted by Crippen LogP contribution is 2.16. The van der Waals surface area contributed by atoms with Crippen LogP contribution in [0.1, 0.15) is 31.4 Å². The summed E-state index contributed by atoms with van der Waals surface area (Å²) >= 11 is 0. The number of amides is 1. The molecule has 18 heavy (non-hydrogen) atoms. The summed E-state index contributed by atoms with van der Waals surface area (Å²) in [5.74, 6) is -0.144. The Hall–Kier alpha value is -1.39. The zero-order chi connectivity index (χ0) is 13.4. The molecule has 0 aliphatic heterocycles. The Morgan fingerprint density at radius 2 is 2.06 bits per heavy atom. The third-order valence-corrected chi connectivity index (χ3v) is 2.76. The van der Waals surface area contributed by atoms with Crippen molar-refractivity contribution in [2.45, 2.75) is 31.9 Å². The van der Waals surface area contributed by atoms with Gasteiger partial charge in [0, 0.05) is 19.8 Å². The van der Waals surface area contributed by atoms with E-state index in [1.165, 1.54) is 7.11 Å². The molecule has 1 aromatic rings. The number of rotatable bonds is 7. The molecule has 0 fully saturated rings. The number of hydrogen-bond donors (Lipinski definition) is 2. The molecule has 0 spiro atoms. The maximum absolute atomic E-state index is 12.0. The van der Waals surface area contributed by atoms with Gasteiger partial charge in [0.2, 0.25) is 0 Å². The van der Waals surface area contributed by atoms with E-state index in [1.54, 1.807) is 0 Å². The van der Waals surface area contributed by atoms with Gasteiger partial charge in [-0.15, -0.1) is 0 Å². The van der Waals surface area contributed by atoms with Crippen molar-refractivity contribution in [3.63, 3.8) is 0 Å². The van der Waals surface area contributed by atoms with E-state index in [0.29, 0.717) is 6.42 Å². The summed E-state index contributed by atoms with van der Waals surface area (Å²) in [6.07, 6.45) is 0.862. The minimum absolute atomic E-state index is 0.0333. The molecule has 1 aromatic carbocycles. The minimum atomic E-state index is -0.581. The number of aliphatic hydroxyl groups excluding tert-OH is 1. The van der Waals surface area contributed by atoms with E-state index in [2.05, 4.69) is 5.32 Å². The summed E-state index contributed by atoms with van der Waals surface area (Å²) in [4.78, 5) is 12.0. The first kappa shape index (κ1) is 14.7. The lowest BCUT2D eigenvalue weighted by Gasteiger charge is -2.19. The zero-order valence-electron chi connectivity index (χ0n) is 10.9. The molecule has 1 amide bonds. The molecule has 0 radical (unpaired) electrons. The van der Waals surface area contributed by atoms with Gasteiger partial charge in [0.15, 0.2) is 6.10 Å². The molecule has 2 atom stereocenters. The van der Waals surface area contributed by atoms with Crippen LogP contribution in [0.25, 0.3) is 0 Å². The predicted octanol–water partition coefficient (Wildman–Crippen LogP) is 1.65. The molecule has 0 aliphatic rings. The molecule has 0 aromatic heterocycles. The van der Waals surface area contributed by atoms with E-state index in [9.17, 15) is 4.79 Å². The lowest BCUT2D eigenvalue weighted by Crippen LogP contribution is -2.37. The van der Waals surface area contributed by atoms with Gasteiger partial charge in [-0.3, -0.25) is 4.79 Å². The second kappa shape index (κ2) is 7.84. The number of carbonyl (C=O) groups excluding carboxylic acids is 1. The van der Waals surface area contributed by atoms with Crippen molar-refractivity contribution in [2.75, 3.05) is 13.7 Å². The number of aliphatic hydroxyl groups is 1. The fourth-order valence-electron chi connectivity index (χ4n) is 1.81. The third-order valence-electron chi connectivity index (χ3n) is 2.76. The Morgan fingerprint density at radius 1 is 1.39 bits per heavy atom. The fourth-order valence-corrected chi connectivity index (χ4v) is 1.81. The van der Waals surface area contributed by atoms with Crippen molar-refractivity contribution in [1.29, 1.82) is 0 Å². The van der Waals surface area contributed by atoms with Gasteiger partial charge in [0.1, 0.15) is 0 Å². The zero-order valence-corrected chi connectivity index (χ0v) is 10.9. The van der Waals surface area contributed by atoms with E-state index in [4.69, 9.17) is 9.84 Å². The van der Waals surface area contributed by atoms with Crippen molar-refractivity contribution >= 4 is 5.91 Å². The van der Waals surface area contributed by atoms with Crippen LogP contribution in [0, 0.1) is 0 Å². The topological polar surface area (TPSA) is 58.6 Å². The van der Waals surface area contributed by atoms with Crippen molar-refractivity contribution < 1.29 is 14.6 Å². The normalized spacial score (nSPS) is 13.9. The molecule has 2 N–H and O–H groups in total. The third kappa shape index (κ3) is 4.47. The monoisotopic (exact) mass is 251 g/mol. The molecule has 100 valence electrons. The number of hydrogen-bond acceptors (Lipinski definition) is 3. The quantitative estimate of drug-likeness (QED) is 0.774. The van der Waals surface area contributed by atoms with Crippen LogP contribution in [0.4, 0.5) is 0 Å². The van der Waals surface area contributed by atoms with E-state index in [0.717, 1.165) is 12.0 Å². The Kier molecular flexibility index (Phi) is 6.39. The molecule has 0 bridgehead atoms. The Bertz CT molecular complexity index is 353. The van der Waals surface area contributed by atoms with Crippen LogP contribution >= 0.6 is 0 Å². The van der Waals surface area contributed by atoms with Crippen molar-refractivity contribution in [3.8, 4) is 0 Å². The number of methoxy groups -OCH3 is 1. The lowest BCUT2D eigenvalue weighted by atomic mass is 10.1. The van der Waals surface area contributed by atoms with E-state index < -0.39 is 6.10 Å². The highest BCUT2D eigenvalue weighted by molar-refractivity contribution is 5.82. The molecular weight excluding hydrogens is 230 g/mol. The Balaban J connectivity index is 2.58. The van der Waals surface area contributed by atoms with Gasteiger partial charge >= 0.3 is 0 Å². The largest absolute Gasteiger partial charge is 0.396 e. The Morgan fingerprint density at radius 3 is 2.61 bits per heavy atom. The maximum Gasteiger partial charge on any atom is 0.253 e. The number of carbonyl (C=O) groups is 1. The molecule has 0 saturated carbocycles. The second-order valence-corrected chi connectivity index (χ2v) is 4.30. The average molecular weight is 251 g/mol. The molecule has 4 nitrogen and oxygen atoms in total. The van der Waals surface area contributed by atoms with Crippen LogP contribution in [0.2, 0.25) is 0 Å². The highest BCUT2D eigenvalue weighted by atomic mass is 16.5. The summed E-state index contributed by atoms with van der Waals surface area (Å²) < 4.78 is 5.24. The first-order valence-corrected chi connectivity index (χ1v) is 6.18. The van der Waals surface area contributed by atoms with Gasteiger partial charge in [0.25, 0.3) is 5.91 Å². The molecule has 4 heteroatoms. The highest BCUT2D eigenvalue weighted by Gasteiger charge is 2.20. The molecule has 2 unspecified atom stereocenters. The van der Waals surface area contributed by atoms with Gasteiger partial charge in [-0.25, -0.2) is 0 Å². The summed E-state index contributed by atoms with van der Waals surface area (Å²) in [5.41, 5.74) is 0.840. The van der Waals surface area contributed by atoms with Gasteiger partial charge in [-0.2, -0.15) is 0 Å². The molecule has 1 rings (SSSR count). The van der Waals surface area contributed by atoms with Gasteiger partial charge in [-0.1, -0.05) is 30.3 Å². The maximum atomic E-state index is 12.0. The van der Waals surface area contributed by atoms with Gasteiger partial charge < -0.3 is 15.2 Å². The van der Waals surface area contributed by atoms with E-state index >= 15 is 0 Å². The summed E-state index contributed by atoms with van der Waals surface area (Å²) in [5, 5.41) is 11.6. The first-order chi connectivity index (χ1) is 8.69. The van der Waals surface area contributed by atoms with Gasteiger partial charge in [-0.05, 0) is 25.3 Å². The SMILES string of the molecule is COC(C(=O)NC(C)CCCO)c1ccccc1. The number of ether oxygens (including phenoxy) is 1. The van der Waals surface area contributed by atoms with Crippen LogP contribution in [0.5, 0.6) is 0 Å². The molecule has 0 heterocycles. The lowest BCUT2D eigenvalue weighted by molar-refractivity contribution is -0.132. The standard InChI is InChI=1S/C14H21NO3/c1-11(7-6-10-16)15-14(17)13(18-2)12-8-4-3-5-9-12/h3-5,8-9,11,13,16H,6-7,10H2,1-2H3,(H,15,17). The van der Waals surface area contributed by atoms with E-state index in [1.807, 2.05) is 37.3 Å². The average Bonchev–Trinajstić information content (AvgIpc) is 2.38. The smallest absolute Gasteiger partial charge is 0.253 e. The van der Waals surface area contributed by atoms with Crippen LogP contribution in [-0.2, 0) is 9.53 Å². The van der Waals surface area contributed by atoms with Crippen LogP contribution in [0.3, 0.4) is 0 Å². The summed E-state index contributed by atoms with van der Waals surface area (Å²) in [7, 11) is 1.52. The van der Waals surface area contributed by atoms with Crippen LogP contribution < -0.4 is 5.32 Å². The molecule has 0 saturated heterocycles. The molecule has 0 aliphatic carbocycles. The second-order valence-electron chi connectivity index (χ2n) is 4.30. The Labute approximate surface area is 108 Å². The molecular formula is C14H21NO3. The van der Waals surface area contributed by atoms with Crippen LogP contribution in [0.15, 0.2) is 30.3 Å². The minimum Gasteiger partial charge on any atom is -0.396 e. The van der Waals surface area contributed by atoms with Crippen LogP contribution in [-0.4, -0.2) is 30.8 Å². The summed E-state index contributed by atoms with van der Waals surface area (Å²) in [6, 6.07) is 9.43. The van der Waals surface area contributed by atoms with Gasteiger partial charge in [0.05, 0.1) is 0 Å². The predicted molar refractivity (Wildman–Crippen MR) is 70.1 cm³/mol. The van der Waals surface area contributed by atoms with E-state index in [-0.39, 0.29) is 18.6 Å². The number of benzene rings is 1.